The molecule has 2 aromatic carbocycles. The van der Waals surface area contributed by atoms with Crippen molar-refractivity contribution in [2.24, 2.45) is 0 Å². The average Bonchev–Trinajstić information content (AvgIpc) is 3.12. The first-order valence-electron chi connectivity index (χ1n) is 8.86. The van der Waals surface area contributed by atoms with Gasteiger partial charge in [0.1, 0.15) is 5.25 Å². The molecule has 1 heterocycles. The molecule has 6 heteroatoms. The van der Waals surface area contributed by atoms with E-state index >= 15 is 0 Å². The standard InChI is InChI=1S/C21H21NO4S/c1-15(27-18-9-3-2-4-10-18)21(25)26-14-19(23)16-7-5-8-17(13-16)22-12-6-11-20(22)24/h2-5,7-10,13,15H,6,11-12,14H2,1H3/t15-/m1/s1. The van der Waals surface area contributed by atoms with Gasteiger partial charge in [-0.05, 0) is 37.6 Å². The minimum absolute atomic E-state index is 0.0674. The lowest BCUT2D eigenvalue weighted by atomic mass is 10.1. The van der Waals surface area contributed by atoms with Crippen molar-refractivity contribution in [3.63, 3.8) is 0 Å². The molecule has 1 aliphatic rings. The van der Waals surface area contributed by atoms with Gasteiger partial charge < -0.3 is 9.64 Å². The fourth-order valence-corrected chi connectivity index (χ4v) is 3.74. The SMILES string of the molecule is C[C@@H](Sc1ccccc1)C(=O)OCC(=O)c1cccc(N2CCCC2=O)c1. The Kier molecular flexibility index (Phi) is 6.29. The topological polar surface area (TPSA) is 63.7 Å². The fourth-order valence-electron chi connectivity index (χ4n) is 2.86. The van der Waals surface area contributed by atoms with E-state index in [9.17, 15) is 14.4 Å². The van der Waals surface area contributed by atoms with E-state index < -0.39 is 11.2 Å². The molecular formula is C21H21NO4S. The Balaban J connectivity index is 1.56. The zero-order valence-corrected chi connectivity index (χ0v) is 15.9. The van der Waals surface area contributed by atoms with Crippen molar-refractivity contribution in [2.75, 3.05) is 18.1 Å². The van der Waals surface area contributed by atoms with Crippen LogP contribution in [-0.4, -0.2) is 36.1 Å². The van der Waals surface area contributed by atoms with Crippen LogP contribution in [0, 0.1) is 0 Å². The number of ketones is 1. The highest BCUT2D eigenvalue weighted by Crippen LogP contribution is 2.24. The number of hydrogen-bond donors (Lipinski definition) is 0. The lowest BCUT2D eigenvalue weighted by molar-refractivity contribution is -0.141. The molecule has 0 N–H and O–H groups in total. The third kappa shape index (κ3) is 4.98. The number of rotatable bonds is 7. The summed E-state index contributed by atoms with van der Waals surface area (Å²) in [5.74, 6) is -0.644. The molecule has 0 saturated carbocycles. The van der Waals surface area contributed by atoms with Gasteiger partial charge in [0.25, 0.3) is 0 Å². The highest BCUT2D eigenvalue weighted by Gasteiger charge is 2.23. The van der Waals surface area contributed by atoms with Crippen molar-refractivity contribution in [1.29, 1.82) is 0 Å². The minimum Gasteiger partial charge on any atom is -0.456 e. The molecule has 1 atom stereocenters. The summed E-state index contributed by atoms with van der Waals surface area (Å²) >= 11 is 1.39. The van der Waals surface area contributed by atoms with Gasteiger partial charge in [-0.1, -0.05) is 30.3 Å². The summed E-state index contributed by atoms with van der Waals surface area (Å²) in [6.07, 6.45) is 1.36. The van der Waals surface area contributed by atoms with Crippen LogP contribution in [-0.2, 0) is 14.3 Å². The third-order valence-corrected chi connectivity index (χ3v) is 5.38. The highest BCUT2D eigenvalue weighted by atomic mass is 32.2. The Morgan fingerprint density at radius 1 is 1.15 bits per heavy atom. The maximum atomic E-state index is 12.4. The minimum atomic E-state index is -0.428. The Morgan fingerprint density at radius 2 is 1.93 bits per heavy atom. The normalized spacial score (nSPS) is 14.9. The molecule has 1 fully saturated rings. The molecule has 0 aliphatic carbocycles. The predicted octanol–water partition coefficient (Wildman–Crippen LogP) is 3.72. The number of hydrogen-bond acceptors (Lipinski definition) is 5. The number of ether oxygens (including phenoxy) is 1. The number of carbonyl (C=O) groups is 3. The zero-order chi connectivity index (χ0) is 19.2. The van der Waals surface area contributed by atoms with Gasteiger partial charge in [0.2, 0.25) is 5.91 Å². The molecule has 0 unspecified atom stereocenters. The molecule has 0 bridgehead atoms. The van der Waals surface area contributed by atoms with Crippen LogP contribution in [0.5, 0.6) is 0 Å². The zero-order valence-electron chi connectivity index (χ0n) is 15.1. The number of esters is 1. The smallest absolute Gasteiger partial charge is 0.319 e. The van der Waals surface area contributed by atoms with Gasteiger partial charge in [-0.25, -0.2) is 0 Å². The molecule has 0 aromatic heterocycles. The summed E-state index contributed by atoms with van der Waals surface area (Å²) < 4.78 is 5.19. The van der Waals surface area contributed by atoms with Gasteiger partial charge in [-0.15, -0.1) is 11.8 Å². The lowest BCUT2D eigenvalue weighted by Gasteiger charge is -2.16. The van der Waals surface area contributed by atoms with Crippen molar-refractivity contribution >= 4 is 35.1 Å². The lowest BCUT2D eigenvalue weighted by Crippen LogP contribution is -2.24. The fraction of sp³-hybridized carbons (Fsp3) is 0.286. The molecule has 1 aliphatic heterocycles. The van der Waals surface area contributed by atoms with Crippen LogP contribution in [0.1, 0.15) is 30.1 Å². The van der Waals surface area contributed by atoms with E-state index in [1.165, 1.54) is 11.8 Å². The van der Waals surface area contributed by atoms with Gasteiger partial charge in [0.15, 0.2) is 12.4 Å². The Morgan fingerprint density at radius 3 is 2.63 bits per heavy atom. The van der Waals surface area contributed by atoms with E-state index in [1.54, 1.807) is 30.0 Å². The van der Waals surface area contributed by atoms with Crippen LogP contribution in [0.4, 0.5) is 5.69 Å². The van der Waals surface area contributed by atoms with Crippen molar-refractivity contribution in [3.05, 3.63) is 60.2 Å². The predicted molar refractivity (Wildman–Crippen MR) is 105 cm³/mol. The molecule has 2 aromatic rings. The summed E-state index contributed by atoms with van der Waals surface area (Å²) in [6, 6.07) is 16.5. The van der Waals surface area contributed by atoms with Gasteiger partial charge in [-0.2, -0.15) is 0 Å². The van der Waals surface area contributed by atoms with Gasteiger partial charge in [0, 0.05) is 29.1 Å². The van der Waals surface area contributed by atoms with Crippen molar-refractivity contribution in [3.8, 4) is 0 Å². The summed E-state index contributed by atoms with van der Waals surface area (Å²) in [7, 11) is 0. The van der Waals surface area contributed by atoms with Gasteiger partial charge in [-0.3, -0.25) is 14.4 Å². The van der Waals surface area contributed by atoms with E-state index in [2.05, 4.69) is 0 Å². The molecule has 1 saturated heterocycles. The second kappa shape index (κ2) is 8.86. The Hall–Kier alpha value is -2.60. The molecule has 27 heavy (non-hydrogen) atoms. The molecule has 0 radical (unpaired) electrons. The molecule has 3 rings (SSSR count). The molecule has 0 spiro atoms. The van der Waals surface area contributed by atoms with Crippen LogP contribution in [0.15, 0.2) is 59.5 Å². The number of benzene rings is 2. The summed E-state index contributed by atoms with van der Waals surface area (Å²) in [6.45, 7) is 2.11. The van der Waals surface area contributed by atoms with Crippen LogP contribution in [0.2, 0.25) is 0 Å². The number of carbonyl (C=O) groups excluding carboxylic acids is 3. The number of amides is 1. The monoisotopic (exact) mass is 383 g/mol. The Labute approximate surface area is 162 Å². The first-order valence-corrected chi connectivity index (χ1v) is 9.74. The van der Waals surface area contributed by atoms with E-state index in [1.807, 2.05) is 36.4 Å². The van der Waals surface area contributed by atoms with Crippen molar-refractivity contribution in [1.82, 2.24) is 0 Å². The summed E-state index contributed by atoms with van der Waals surface area (Å²) in [5.41, 5.74) is 1.14. The number of anilines is 1. The van der Waals surface area contributed by atoms with E-state index in [0.29, 0.717) is 24.2 Å². The van der Waals surface area contributed by atoms with Crippen LogP contribution >= 0.6 is 11.8 Å². The largest absolute Gasteiger partial charge is 0.456 e. The summed E-state index contributed by atoms with van der Waals surface area (Å²) in [4.78, 5) is 39.1. The third-order valence-electron chi connectivity index (χ3n) is 4.29. The second-order valence-electron chi connectivity index (χ2n) is 6.30. The van der Waals surface area contributed by atoms with Crippen molar-refractivity contribution < 1.29 is 19.1 Å². The first-order chi connectivity index (χ1) is 13.0. The van der Waals surface area contributed by atoms with Crippen LogP contribution in [0.25, 0.3) is 0 Å². The number of nitrogens with zero attached hydrogens (tertiary/aromatic N) is 1. The van der Waals surface area contributed by atoms with E-state index in [-0.39, 0.29) is 18.3 Å². The highest BCUT2D eigenvalue weighted by molar-refractivity contribution is 8.00. The van der Waals surface area contributed by atoms with E-state index in [0.717, 1.165) is 11.3 Å². The molecule has 1 amide bonds. The van der Waals surface area contributed by atoms with Gasteiger partial charge in [0.05, 0.1) is 0 Å². The first kappa shape index (κ1) is 19.2. The quantitative estimate of drug-likeness (QED) is 0.414. The Bertz CT molecular complexity index is 837. The van der Waals surface area contributed by atoms with Crippen LogP contribution in [0.3, 0.4) is 0 Å². The van der Waals surface area contributed by atoms with E-state index in [4.69, 9.17) is 4.74 Å². The van der Waals surface area contributed by atoms with Crippen molar-refractivity contribution in [2.45, 2.75) is 29.9 Å². The van der Waals surface area contributed by atoms with Crippen LogP contribution < -0.4 is 4.90 Å². The maximum Gasteiger partial charge on any atom is 0.319 e. The average molecular weight is 383 g/mol. The molecule has 5 nitrogen and oxygen atoms in total. The second-order valence-corrected chi connectivity index (χ2v) is 7.72. The maximum absolute atomic E-state index is 12.4. The number of Topliss-reactive ketones (excluding diaryl/α,β-unsaturated/α-hetero) is 1. The summed E-state index contributed by atoms with van der Waals surface area (Å²) in [5, 5.41) is -0.409. The molecular weight excluding hydrogens is 362 g/mol. The number of thioether (sulfide) groups is 1. The molecule has 140 valence electrons. The van der Waals surface area contributed by atoms with Gasteiger partial charge >= 0.3 is 5.97 Å².